The Hall–Kier alpha value is -3.08. The first-order valence-corrected chi connectivity index (χ1v) is 9.20. The number of hydrogen-bond acceptors (Lipinski definition) is 4. The third kappa shape index (κ3) is 3.45. The molecule has 138 valence electrons. The first-order valence-electron chi connectivity index (χ1n) is 9.20. The fraction of sp³-hybridized carbons (Fsp3) is 0.273. The Kier molecular flexibility index (Phi) is 4.67. The molecular formula is C22H23N3O2. The predicted molar refractivity (Wildman–Crippen MR) is 108 cm³/mol. The molecule has 0 unspecified atom stereocenters. The summed E-state index contributed by atoms with van der Waals surface area (Å²) in [5.74, 6) is 0.820. The van der Waals surface area contributed by atoms with Crippen LogP contribution in [0.1, 0.15) is 16.1 Å². The predicted octanol–water partition coefficient (Wildman–Crippen LogP) is 3.51. The molecule has 5 nitrogen and oxygen atoms in total. The van der Waals surface area contributed by atoms with Crippen molar-refractivity contribution in [3.05, 3.63) is 65.9 Å². The quantitative estimate of drug-likeness (QED) is 0.716. The number of pyridine rings is 1. The molecule has 2 aromatic carbocycles. The summed E-state index contributed by atoms with van der Waals surface area (Å²) in [6.07, 6.45) is 0. The number of methoxy groups -OCH3 is 1. The molecule has 0 radical (unpaired) electrons. The standard InChI is InChI=1S/C22H23N3O2/c1-16-20(15-17-14-19(27-2)8-9-21(17)23-16)22(26)25-12-10-24(11-13-25)18-6-4-3-5-7-18/h3-9,14-15H,10-13H2,1-2H3. The Balaban J connectivity index is 1.53. The molecule has 0 bridgehead atoms. The number of aryl methyl sites for hydroxylation is 1. The van der Waals surface area contributed by atoms with E-state index in [-0.39, 0.29) is 5.91 Å². The van der Waals surface area contributed by atoms with E-state index in [0.29, 0.717) is 18.7 Å². The highest BCUT2D eigenvalue weighted by Crippen LogP contribution is 2.23. The number of nitrogens with zero attached hydrogens (tertiary/aromatic N) is 3. The maximum absolute atomic E-state index is 13.1. The van der Waals surface area contributed by atoms with E-state index in [2.05, 4.69) is 22.0 Å². The number of para-hydroxylation sites is 1. The minimum absolute atomic E-state index is 0.0532. The van der Waals surface area contributed by atoms with Gasteiger partial charge in [-0.3, -0.25) is 9.78 Å². The summed E-state index contributed by atoms with van der Waals surface area (Å²) in [6.45, 7) is 5.00. The number of piperazine rings is 1. The van der Waals surface area contributed by atoms with Crippen LogP contribution < -0.4 is 9.64 Å². The lowest BCUT2D eigenvalue weighted by molar-refractivity contribution is 0.0745. The molecule has 4 rings (SSSR count). The third-order valence-corrected chi connectivity index (χ3v) is 5.13. The van der Waals surface area contributed by atoms with Crippen LogP contribution in [0.25, 0.3) is 10.9 Å². The van der Waals surface area contributed by atoms with Crippen LogP contribution in [0.15, 0.2) is 54.6 Å². The number of aromatic nitrogens is 1. The number of rotatable bonds is 3. The summed E-state index contributed by atoms with van der Waals surface area (Å²) < 4.78 is 5.29. The van der Waals surface area contributed by atoms with E-state index < -0.39 is 0 Å². The van der Waals surface area contributed by atoms with Gasteiger partial charge < -0.3 is 14.5 Å². The van der Waals surface area contributed by atoms with Crippen molar-refractivity contribution in [2.24, 2.45) is 0 Å². The molecule has 1 aliphatic rings. The molecule has 0 saturated carbocycles. The lowest BCUT2D eigenvalue weighted by atomic mass is 10.1. The number of hydrogen-bond donors (Lipinski definition) is 0. The molecule has 1 saturated heterocycles. The van der Waals surface area contributed by atoms with Crippen LogP contribution in [0.4, 0.5) is 5.69 Å². The zero-order chi connectivity index (χ0) is 18.8. The SMILES string of the molecule is COc1ccc2nc(C)c(C(=O)N3CCN(c4ccccc4)CC3)cc2c1. The normalized spacial score (nSPS) is 14.4. The van der Waals surface area contributed by atoms with Gasteiger partial charge in [0.2, 0.25) is 0 Å². The largest absolute Gasteiger partial charge is 0.497 e. The van der Waals surface area contributed by atoms with Crippen LogP contribution in [0, 0.1) is 6.92 Å². The molecule has 0 spiro atoms. The van der Waals surface area contributed by atoms with Crippen molar-refractivity contribution < 1.29 is 9.53 Å². The summed E-state index contributed by atoms with van der Waals surface area (Å²) in [6, 6.07) is 18.0. The molecule has 5 heteroatoms. The molecule has 0 aliphatic carbocycles. The summed E-state index contributed by atoms with van der Waals surface area (Å²) in [5.41, 5.74) is 3.52. The van der Waals surface area contributed by atoms with Crippen LogP contribution in [0.2, 0.25) is 0 Å². The Labute approximate surface area is 159 Å². The summed E-state index contributed by atoms with van der Waals surface area (Å²) >= 11 is 0. The van der Waals surface area contributed by atoms with Gasteiger partial charge in [0.25, 0.3) is 5.91 Å². The van der Waals surface area contributed by atoms with Gasteiger partial charge in [-0.2, -0.15) is 0 Å². The average Bonchev–Trinajstić information content (AvgIpc) is 2.73. The van der Waals surface area contributed by atoms with Gasteiger partial charge in [-0.25, -0.2) is 0 Å². The number of benzene rings is 2. The molecule has 0 atom stereocenters. The van der Waals surface area contributed by atoms with Crippen LogP contribution >= 0.6 is 0 Å². The number of fused-ring (bicyclic) bond motifs is 1. The molecule has 2 heterocycles. The van der Waals surface area contributed by atoms with Gasteiger partial charge in [0.05, 0.1) is 23.9 Å². The van der Waals surface area contributed by atoms with Gasteiger partial charge in [0, 0.05) is 37.3 Å². The number of amides is 1. The molecule has 1 fully saturated rings. The van der Waals surface area contributed by atoms with E-state index in [1.807, 2.05) is 54.3 Å². The highest BCUT2D eigenvalue weighted by Gasteiger charge is 2.24. The Morgan fingerprint density at radius 2 is 1.74 bits per heavy atom. The van der Waals surface area contributed by atoms with E-state index in [1.165, 1.54) is 5.69 Å². The molecule has 1 amide bonds. The van der Waals surface area contributed by atoms with E-state index in [9.17, 15) is 4.79 Å². The smallest absolute Gasteiger partial charge is 0.255 e. The zero-order valence-electron chi connectivity index (χ0n) is 15.7. The molecule has 1 aliphatic heterocycles. The fourth-order valence-electron chi connectivity index (χ4n) is 3.57. The number of ether oxygens (including phenoxy) is 1. The van der Waals surface area contributed by atoms with Crippen molar-refractivity contribution in [3.8, 4) is 5.75 Å². The van der Waals surface area contributed by atoms with Crippen molar-refractivity contribution in [3.63, 3.8) is 0 Å². The minimum atomic E-state index is 0.0532. The van der Waals surface area contributed by atoms with Crippen molar-refractivity contribution in [2.45, 2.75) is 6.92 Å². The van der Waals surface area contributed by atoms with Gasteiger partial charge in [0.15, 0.2) is 0 Å². The number of carbonyl (C=O) groups excluding carboxylic acids is 1. The van der Waals surface area contributed by atoms with Crippen LogP contribution in [-0.4, -0.2) is 49.1 Å². The van der Waals surface area contributed by atoms with Crippen molar-refractivity contribution in [1.29, 1.82) is 0 Å². The minimum Gasteiger partial charge on any atom is -0.497 e. The van der Waals surface area contributed by atoms with Gasteiger partial charge in [-0.1, -0.05) is 18.2 Å². The highest BCUT2D eigenvalue weighted by molar-refractivity contribution is 5.99. The van der Waals surface area contributed by atoms with E-state index in [4.69, 9.17) is 4.74 Å². The van der Waals surface area contributed by atoms with E-state index in [1.54, 1.807) is 7.11 Å². The van der Waals surface area contributed by atoms with E-state index >= 15 is 0 Å². The lowest BCUT2D eigenvalue weighted by Gasteiger charge is -2.36. The monoisotopic (exact) mass is 361 g/mol. The van der Waals surface area contributed by atoms with Gasteiger partial charge in [-0.15, -0.1) is 0 Å². The third-order valence-electron chi connectivity index (χ3n) is 5.13. The van der Waals surface area contributed by atoms with Crippen LogP contribution in [0.3, 0.4) is 0 Å². The fourth-order valence-corrected chi connectivity index (χ4v) is 3.57. The average molecular weight is 361 g/mol. The molecular weight excluding hydrogens is 338 g/mol. The summed E-state index contributed by atoms with van der Waals surface area (Å²) in [5, 5.41) is 0.922. The topological polar surface area (TPSA) is 45.7 Å². The second-order valence-corrected chi connectivity index (χ2v) is 6.79. The van der Waals surface area contributed by atoms with Crippen molar-refractivity contribution >= 4 is 22.5 Å². The molecule has 3 aromatic rings. The maximum Gasteiger partial charge on any atom is 0.255 e. The molecule has 27 heavy (non-hydrogen) atoms. The molecule has 0 N–H and O–H groups in total. The molecule has 1 aromatic heterocycles. The number of anilines is 1. The van der Waals surface area contributed by atoms with Gasteiger partial charge in [-0.05, 0) is 43.3 Å². The van der Waals surface area contributed by atoms with Gasteiger partial charge >= 0.3 is 0 Å². The summed E-state index contributed by atoms with van der Waals surface area (Å²) in [7, 11) is 1.64. The van der Waals surface area contributed by atoms with Crippen LogP contribution in [0.5, 0.6) is 5.75 Å². The summed E-state index contributed by atoms with van der Waals surface area (Å²) in [4.78, 5) is 22.0. The Morgan fingerprint density at radius 1 is 1.00 bits per heavy atom. The Morgan fingerprint density at radius 3 is 2.44 bits per heavy atom. The van der Waals surface area contributed by atoms with Crippen molar-refractivity contribution in [1.82, 2.24) is 9.88 Å². The van der Waals surface area contributed by atoms with E-state index in [0.717, 1.165) is 35.4 Å². The Bertz CT molecular complexity index is 964. The zero-order valence-corrected chi connectivity index (χ0v) is 15.7. The second kappa shape index (κ2) is 7.27. The van der Waals surface area contributed by atoms with Gasteiger partial charge in [0.1, 0.15) is 5.75 Å². The maximum atomic E-state index is 13.1. The second-order valence-electron chi connectivity index (χ2n) is 6.79. The highest BCUT2D eigenvalue weighted by atomic mass is 16.5. The van der Waals surface area contributed by atoms with Crippen molar-refractivity contribution in [2.75, 3.05) is 38.2 Å². The first-order chi connectivity index (χ1) is 13.2. The lowest BCUT2D eigenvalue weighted by Crippen LogP contribution is -2.49. The first kappa shape index (κ1) is 17.3. The van der Waals surface area contributed by atoms with Crippen LogP contribution in [-0.2, 0) is 0 Å². The number of carbonyl (C=O) groups is 1.